The van der Waals surface area contributed by atoms with Crippen LogP contribution in [0.5, 0.6) is 0 Å². The quantitative estimate of drug-likeness (QED) is 0.819. The zero-order valence-electron chi connectivity index (χ0n) is 11.7. The van der Waals surface area contributed by atoms with Gasteiger partial charge < -0.3 is 14.9 Å². The largest absolute Gasteiger partial charge is 0.391 e. The van der Waals surface area contributed by atoms with Gasteiger partial charge in [-0.25, -0.2) is 4.98 Å². The molecule has 1 N–H and O–H groups in total. The number of β-amino-alcohol motifs (C(OH)–C–C–N with tert-alkyl or cyclic N) is 1. The summed E-state index contributed by atoms with van der Waals surface area (Å²) in [6, 6.07) is 3.87. The van der Waals surface area contributed by atoms with Gasteiger partial charge in [0.1, 0.15) is 5.82 Å². The molecule has 1 atom stereocenters. The number of nitrogens with zero attached hydrogens (tertiary/aromatic N) is 4. The Bertz CT molecular complexity index is 482. The predicted octanol–water partition coefficient (Wildman–Crippen LogP) is -0.0690. The number of aromatic nitrogens is 1. The van der Waals surface area contributed by atoms with E-state index in [-0.39, 0.29) is 12.3 Å². The van der Waals surface area contributed by atoms with Crippen LogP contribution in [0.15, 0.2) is 18.3 Å². The second kappa shape index (κ2) is 5.38. The number of hydrogen-bond donors (Lipinski definition) is 1. The first-order valence-corrected chi connectivity index (χ1v) is 7.01. The Labute approximate surface area is 118 Å². The Kier molecular flexibility index (Phi) is 3.58. The first kappa shape index (κ1) is 13.3. The van der Waals surface area contributed by atoms with Crippen molar-refractivity contribution in [3.8, 4) is 0 Å². The normalized spacial score (nSPS) is 24.5. The molecule has 0 saturated carbocycles. The zero-order chi connectivity index (χ0) is 14.1. The smallest absolute Gasteiger partial charge is 0.230 e. The number of aliphatic hydroxyl groups excluding tert-OH is 1. The molecule has 2 saturated heterocycles. The third kappa shape index (κ3) is 2.62. The summed E-state index contributed by atoms with van der Waals surface area (Å²) in [5.74, 6) is 0.571. The highest BCUT2D eigenvalue weighted by Gasteiger charge is 2.29. The fourth-order valence-corrected chi connectivity index (χ4v) is 2.70. The van der Waals surface area contributed by atoms with Gasteiger partial charge in [0.25, 0.3) is 0 Å². The van der Waals surface area contributed by atoms with Crippen molar-refractivity contribution >= 4 is 17.4 Å². The lowest BCUT2D eigenvalue weighted by molar-refractivity contribution is -0.117. The molecule has 3 rings (SSSR count). The Morgan fingerprint density at radius 2 is 2.00 bits per heavy atom. The molecule has 108 valence electrons. The molecule has 0 radical (unpaired) electrons. The average molecular weight is 276 g/mol. The summed E-state index contributed by atoms with van der Waals surface area (Å²) in [6.45, 7) is 4.45. The molecule has 6 nitrogen and oxygen atoms in total. The van der Waals surface area contributed by atoms with Crippen molar-refractivity contribution in [3.05, 3.63) is 18.3 Å². The molecule has 1 aromatic heterocycles. The lowest BCUT2D eigenvalue weighted by Gasteiger charge is -2.33. The van der Waals surface area contributed by atoms with Gasteiger partial charge in [-0.2, -0.15) is 0 Å². The molecule has 0 aromatic carbocycles. The van der Waals surface area contributed by atoms with E-state index in [9.17, 15) is 9.90 Å². The van der Waals surface area contributed by atoms with Gasteiger partial charge in [-0.05, 0) is 19.2 Å². The number of carbonyl (C=O) groups excluding carboxylic acids is 1. The average Bonchev–Trinajstić information content (AvgIpc) is 2.79. The molecule has 2 fully saturated rings. The van der Waals surface area contributed by atoms with Crippen molar-refractivity contribution in [2.75, 3.05) is 49.6 Å². The third-order valence-corrected chi connectivity index (χ3v) is 3.98. The molecule has 2 aliphatic rings. The van der Waals surface area contributed by atoms with E-state index in [2.05, 4.69) is 21.8 Å². The van der Waals surface area contributed by atoms with Crippen LogP contribution in [0.2, 0.25) is 0 Å². The first-order valence-electron chi connectivity index (χ1n) is 7.01. The van der Waals surface area contributed by atoms with Crippen LogP contribution >= 0.6 is 0 Å². The summed E-state index contributed by atoms with van der Waals surface area (Å²) in [7, 11) is 2.13. The number of hydrogen-bond acceptors (Lipinski definition) is 5. The molecule has 0 aliphatic carbocycles. The minimum atomic E-state index is -0.568. The number of anilines is 2. The Morgan fingerprint density at radius 1 is 1.25 bits per heavy atom. The van der Waals surface area contributed by atoms with Crippen molar-refractivity contribution in [2.45, 2.75) is 12.5 Å². The van der Waals surface area contributed by atoms with E-state index in [0.717, 1.165) is 31.9 Å². The summed E-state index contributed by atoms with van der Waals surface area (Å²) in [5.41, 5.74) is 1.09. The van der Waals surface area contributed by atoms with Crippen LogP contribution in [0.4, 0.5) is 11.5 Å². The van der Waals surface area contributed by atoms with E-state index in [1.54, 1.807) is 4.90 Å². The summed E-state index contributed by atoms with van der Waals surface area (Å²) < 4.78 is 0. The van der Waals surface area contributed by atoms with Crippen molar-refractivity contribution in [1.29, 1.82) is 0 Å². The van der Waals surface area contributed by atoms with E-state index in [0.29, 0.717) is 12.4 Å². The molecule has 3 heterocycles. The van der Waals surface area contributed by atoms with Gasteiger partial charge in [0, 0.05) is 26.2 Å². The molecule has 20 heavy (non-hydrogen) atoms. The number of pyridine rings is 1. The van der Waals surface area contributed by atoms with Crippen molar-refractivity contribution in [3.63, 3.8) is 0 Å². The minimum Gasteiger partial charge on any atom is -0.391 e. The molecule has 6 heteroatoms. The van der Waals surface area contributed by atoms with E-state index in [4.69, 9.17) is 0 Å². The molecule has 2 aliphatic heterocycles. The first-order chi connectivity index (χ1) is 9.63. The lowest BCUT2D eigenvalue weighted by atomic mass is 10.3. The van der Waals surface area contributed by atoms with Crippen molar-refractivity contribution < 1.29 is 9.90 Å². The second-order valence-electron chi connectivity index (χ2n) is 5.53. The standard InChI is InChI=1S/C14H20N4O2/c1-16-4-6-17(7-5-16)11-2-3-13(15-9-11)18-10-12(19)8-14(18)20/h2-3,9,12,19H,4-8,10H2,1H3. The van der Waals surface area contributed by atoms with Gasteiger partial charge in [-0.15, -0.1) is 0 Å². The van der Waals surface area contributed by atoms with Gasteiger partial charge in [-0.1, -0.05) is 0 Å². The molecular weight excluding hydrogens is 256 g/mol. The molecule has 0 bridgehead atoms. The minimum absolute atomic E-state index is 0.0580. The number of piperazine rings is 1. The summed E-state index contributed by atoms with van der Waals surface area (Å²) in [4.78, 5) is 22.3. The van der Waals surface area contributed by atoms with Gasteiger partial charge in [0.05, 0.1) is 31.0 Å². The highest BCUT2D eigenvalue weighted by Crippen LogP contribution is 2.22. The van der Waals surface area contributed by atoms with Crippen LogP contribution < -0.4 is 9.80 Å². The van der Waals surface area contributed by atoms with Gasteiger partial charge in [0.2, 0.25) is 5.91 Å². The fraction of sp³-hybridized carbons (Fsp3) is 0.571. The number of amides is 1. The molecule has 1 amide bonds. The highest BCUT2D eigenvalue weighted by atomic mass is 16.3. The number of rotatable bonds is 2. The van der Waals surface area contributed by atoms with E-state index in [1.807, 2.05) is 18.3 Å². The second-order valence-corrected chi connectivity index (χ2v) is 5.53. The van der Waals surface area contributed by atoms with Gasteiger partial charge >= 0.3 is 0 Å². The molecular formula is C14H20N4O2. The van der Waals surface area contributed by atoms with E-state index < -0.39 is 6.10 Å². The summed E-state index contributed by atoms with van der Waals surface area (Å²) in [5, 5.41) is 9.51. The monoisotopic (exact) mass is 276 g/mol. The van der Waals surface area contributed by atoms with Gasteiger partial charge in [0.15, 0.2) is 0 Å². The Balaban J connectivity index is 1.70. The SMILES string of the molecule is CN1CCN(c2ccc(N3CC(O)CC3=O)nc2)CC1. The maximum absolute atomic E-state index is 11.7. The molecule has 1 unspecified atom stereocenters. The number of likely N-dealkylation sites (N-methyl/N-ethyl adjacent to an activating group) is 1. The Hall–Kier alpha value is -1.66. The summed E-state index contributed by atoms with van der Waals surface area (Å²) in [6.07, 6.45) is 1.45. The van der Waals surface area contributed by atoms with Crippen molar-refractivity contribution in [2.24, 2.45) is 0 Å². The fourth-order valence-electron chi connectivity index (χ4n) is 2.70. The van der Waals surface area contributed by atoms with Crippen LogP contribution in [0.3, 0.4) is 0 Å². The van der Waals surface area contributed by atoms with E-state index in [1.165, 1.54) is 0 Å². The summed E-state index contributed by atoms with van der Waals surface area (Å²) >= 11 is 0. The van der Waals surface area contributed by atoms with Gasteiger partial charge in [-0.3, -0.25) is 9.69 Å². The van der Waals surface area contributed by atoms with Crippen LogP contribution in [0.25, 0.3) is 0 Å². The highest BCUT2D eigenvalue weighted by molar-refractivity contribution is 5.95. The number of aliphatic hydroxyl groups is 1. The van der Waals surface area contributed by atoms with E-state index >= 15 is 0 Å². The van der Waals surface area contributed by atoms with Crippen LogP contribution in [-0.2, 0) is 4.79 Å². The lowest BCUT2D eigenvalue weighted by Crippen LogP contribution is -2.44. The maximum Gasteiger partial charge on any atom is 0.230 e. The van der Waals surface area contributed by atoms with Crippen LogP contribution in [0, 0.1) is 0 Å². The third-order valence-electron chi connectivity index (χ3n) is 3.98. The molecule has 1 aromatic rings. The Morgan fingerprint density at radius 3 is 2.55 bits per heavy atom. The predicted molar refractivity (Wildman–Crippen MR) is 76.9 cm³/mol. The van der Waals surface area contributed by atoms with Crippen molar-refractivity contribution in [1.82, 2.24) is 9.88 Å². The number of carbonyl (C=O) groups is 1. The van der Waals surface area contributed by atoms with Crippen LogP contribution in [0.1, 0.15) is 6.42 Å². The zero-order valence-corrected chi connectivity index (χ0v) is 11.7. The maximum atomic E-state index is 11.7. The van der Waals surface area contributed by atoms with Crippen LogP contribution in [-0.4, -0.2) is 66.8 Å². The topological polar surface area (TPSA) is 59.9 Å². The molecule has 0 spiro atoms.